The van der Waals surface area contributed by atoms with Gasteiger partial charge in [-0.15, -0.1) is 6.58 Å². The zero-order valence-electron chi connectivity index (χ0n) is 11.3. The van der Waals surface area contributed by atoms with Crippen molar-refractivity contribution in [3.8, 4) is 0 Å². The van der Waals surface area contributed by atoms with Crippen LogP contribution in [0, 0.1) is 5.41 Å². The van der Waals surface area contributed by atoms with E-state index >= 15 is 0 Å². The van der Waals surface area contributed by atoms with Gasteiger partial charge in [-0.25, -0.2) is 0 Å². The van der Waals surface area contributed by atoms with Crippen molar-refractivity contribution in [2.75, 3.05) is 13.7 Å². The number of rotatable bonds is 8. The quantitative estimate of drug-likeness (QED) is 0.641. The molecule has 1 atom stereocenters. The van der Waals surface area contributed by atoms with Crippen molar-refractivity contribution in [2.24, 2.45) is 5.41 Å². The molecule has 0 aromatic carbocycles. The first-order chi connectivity index (χ1) is 7.41. The molecular weight excluding hydrogens is 198 g/mol. The number of ether oxygens (including phenoxy) is 1. The van der Waals surface area contributed by atoms with Crippen LogP contribution in [0.4, 0.5) is 0 Å². The SMILES string of the molecule is C=CC(C)(CCC(C)(C)OC)CNC1CC1. The molecule has 0 bridgehead atoms. The molecule has 16 heavy (non-hydrogen) atoms. The molecule has 1 aliphatic rings. The summed E-state index contributed by atoms with van der Waals surface area (Å²) in [7, 11) is 1.79. The van der Waals surface area contributed by atoms with Crippen molar-refractivity contribution in [1.29, 1.82) is 0 Å². The molecule has 1 aliphatic carbocycles. The Morgan fingerprint density at radius 2 is 1.94 bits per heavy atom. The highest BCUT2D eigenvalue weighted by molar-refractivity contribution is 4.96. The summed E-state index contributed by atoms with van der Waals surface area (Å²) in [5.41, 5.74) is 0.169. The summed E-state index contributed by atoms with van der Waals surface area (Å²) < 4.78 is 5.46. The second kappa shape index (κ2) is 5.33. The molecule has 1 unspecified atom stereocenters. The van der Waals surface area contributed by atoms with Gasteiger partial charge < -0.3 is 10.1 Å². The Morgan fingerprint density at radius 3 is 2.38 bits per heavy atom. The van der Waals surface area contributed by atoms with Gasteiger partial charge in [0.2, 0.25) is 0 Å². The molecule has 0 radical (unpaired) electrons. The van der Waals surface area contributed by atoms with Crippen LogP contribution in [0.2, 0.25) is 0 Å². The second-order valence-corrected chi connectivity index (χ2v) is 5.98. The van der Waals surface area contributed by atoms with Crippen LogP contribution in [0.25, 0.3) is 0 Å². The maximum absolute atomic E-state index is 5.46. The van der Waals surface area contributed by atoms with Gasteiger partial charge in [0.1, 0.15) is 0 Å². The molecule has 0 amide bonds. The normalized spacial score (nSPS) is 20.5. The van der Waals surface area contributed by atoms with Gasteiger partial charge in [0.25, 0.3) is 0 Å². The first-order valence-electron chi connectivity index (χ1n) is 6.33. The number of methoxy groups -OCH3 is 1. The van der Waals surface area contributed by atoms with E-state index in [0.29, 0.717) is 0 Å². The minimum Gasteiger partial charge on any atom is -0.379 e. The van der Waals surface area contributed by atoms with Gasteiger partial charge in [0, 0.05) is 19.7 Å². The van der Waals surface area contributed by atoms with E-state index in [9.17, 15) is 0 Å². The summed E-state index contributed by atoms with van der Waals surface area (Å²) in [6.45, 7) is 11.6. The van der Waals surface area contributed by atoms with Gasteiger partial charge in [-0.05, 0) is 44.9 Å². The summed E-state index contributed by atoms with van der Waals surface area (Å²) in [6.07, 6.45) is 6.97. The lowest BCUT2D eigenvalue weighted by Gasteiger charge is -2.31. The maximum atomic E-state index is 5.46. The highest BCUT2D eigenvalue weighted by Crippen LogP contribution is 2.30. The zero-order chi connectivity index (χ0) is 12.2. The standard InChI is InChI=1S/C14H27NO/c1-6-14(4,11-15-12-7-8-12)10-9-13(2,3)16-5/h6,12,15H,1,7-11H2,2-5H3. The minimum atomic E-state index is -0.0240. The molecular formula is C14H27NO. The number of hydrogen-bond donors (Lipinski definition) is 1. The molecule has 0 heterocycles. The fourth-order valence-electron chi connectivity index (χ4n) is 1.62. The van der Waals surface area contributed by atoms with Crippen LogP contribution < -0.4 is 5.32 Å². The monoisotopic (exact) mass is 225 g/mol. The Morgan fingerprint density at radius 1 is 1.31 bits per heavy atom. The molecule has 1 fully saturated rings. The van der Waals surface area contributed by atoms with E-state index in [0.717, 1.165) is 25.4 Å². The Kier molecular flexibility index (Phi) is 4.57. The number of hydrogen-bond acceptors (Lipinski definition) is 2. The van der Waals surface area contributed by atoms with Crippen LogP contribution in [0.15, 0.2) is 12.7 Å². The van der Waals surface area contributed by atoms with Crippen LogP contribution in [0.5, 0.6) is 0 Å². The molecule has 0 aromatic rings. The van der Waals surface area contributed by atoms with E-state index in [-0.39, 0.29) is 11.0 Å². The summed E-state index contributed by atoms with van der Waals surface area (Å²) in [5, 5.41) is 3.59. The van der Waals surface area contributed by atoms with Gasteiger partial charge in [0.15, 0.2) is 0 Å². The summed E-state index contributed by atoms with van der Waals surface area (Å²) in [6, 6.07) is 0.773. The fourth-order valence-corrected chi connectivity index (χ4v) is 1.62. The van der Waals surface area contributed by atoms with Crippen LogP contribution in [-0.2, 0) is 4.74 Å². The van der Waals surface area contributed by atoms with Crippen molar-refractivity contribution >= 4 is 0 Å². The molecule has 1 N–H and O–H groups in total. The van der Waals surface area contributed by atoms with Crippen molar-refractivity contribution in [2.45, 2.75) is 58.1 Å². The third-order valence-electron chi connectivity index (χ3n) is 3.72. The van der Waals surface area contributed by atoms with Crippen molar-refractivity contribution in [1.82, 2.24) is 5.32 Å². The van der Waals surface area contributed by atoms with Gasteiger partial charge in [-0.1, -0.05) is 13.0 Å². The Labute approximate surface area is 100 Å². The van der Waals surface area contributed by atoms with Crippen LogP contribution in [-0.4, -0.2) is 25.3 Å². The first kappa shape index (κ1) is 13.7. The van der Waals surface area contributed by atoms with Crippen molar-refractivity contribution in [3.05, 3.63) is 12.7 Å². The molecule has 0 saturated heterocycles. The summed E-state index contributed by atoms with van der Waals surface area (Å²) in [5.74, 6) is 0. The van der Waals surface area contributed by atoms with E-state index in [1.807, 2.05) is 0 Å². The summed E-state index contributed by atoms with van der Waals surface area (Å²) >= 11 is 0. The molecule has 2 heteroatoms. The smallest absolute Gasteiger partial charge is 0.0623 e. The molecule has 94 valence electrons. The lowest BCUT2D eigenvalue weighted by molar-refractivity contribution is 0.00763. The van der Waals surface area contributed by atoms with Crippen molar-refractivity contribution < 1.29 is 4.74 Å². The van der Waals surface area contributed by atoms with Crippen molar-refractivity contribution in [3.63, 3.8) is 0 Å². The van der Waals surface area contributed by atoms with Gasteiger partial charge in [-0.3, -0.25) is 0 Å². The maximum Gasteiger partial charge on any atom is 0.0623 e. The van der Waals surface area contributed by atoms with Gasteiger partial charge >= 0.3 is 0 Å². The predicted molar refractivity (Wildman–Crippen MR) is 69.7 cm³/mol. The molecule has 1 rings (SSSR count). The molecule has 0 spiro atoms. The van der Waals surface area contributed by atoms with Crippen LogP contribution in [0.3, 0.4) is 0 Å². The first-order valence-corrected chi connectivity index (χ1v) is 6.33. The highest BCUT2D eigenvalue weighted by Gasteiger charge is 2.28. The van der Waals surface area contributed by atoms with E-state index in [2.05, 4.69) is 38.7 Å². The van der Waals surface area contributed by atoms with E-state index < -0.39 is 0 Å². The summed E-state index contributed by atoms with van der Waals surface area (Å²) in [4.78, 5) is 0. The van der Waals surface area contributed by atoms with E-state index in [4.69, 9.17) is 4.74 Å². The largest absolute Gasteiger partial charge is 0.379 e. The average Bonchev–Trinajstić information content (AvgIpc) is 3.08. The fraction of sp³-hybridized carbons (Fsp3) is 0.857. The third-order valence-corrected chi connectivity index (χ3v) is 3.72. The predicted octanol–water partition coefficient (Wildman–Crippen LogP) is 3.14. The topological polar surface area (TPSA) is 21.3 Å². The lowest BCUT2D eigenvalue weighted by atomic mass is 9.82. The molecule has 2 nitrogen and oxygen atoms in total. The molecule has 1 saturated carbocycles. The molecule has 0 aliphatic heterocycles. The Balaban J connectivity index is 2.35. The van der Waals surface area contributed by atoms with Crippen LogP contribution >= 0.6 is 0 Å². The molecule has 0 aromatic heterocycles. The Bertz CT molecular complexity index is 233. The minimum absolute atomic E-state index is 0.0240. The highest BCUT2D eigenvalue weighted by atomic mass is 16.5. The van der Waals surface area contributed by atoms with Gasteiger partial charge in [-0.2, -0.15) is 0 Å². The third kappa shape index (κ3) is 4.67. The van der Waals surface area contributed by atoms with Gasteiger partial charge in [0.05, 0.1) is 5.60 Å². The Hall–Kier alpha value is -0.340. The average molecular weight is 225 g/mol. The van der Waals surface area contributed by atoms with E-state index in [1.54, 1.807) is 7.11 Å². The van der Waals surface area contributed by atoms with E-state index in [1.165, 1.54) is 12.8 Å². The number of nitrogens with one attached hydrogen (secondary N) is 1. The van der Waals surface area contributed by atoms with Crippen LogP contribution in [0.1, 0.15) is 46.5 Å². The zero-order valence-corrected chi connectivity index (χ0v) is 11.3. The second-order valence-electron chi connectivity index (χ2n) is 5.98. The lowest BCUT2D eigenvalue weighted by Crippen LogP contribution is -2.34.